The number of aliphatic hydroxyl groups excluding tert-OH is 1. The molecule has 1 N–H and O–H groups in total. The fourth-order valence-corrected chi connectivity index (χ4v) is 1.89. The van der Waals surface area contributed by atoms with Crippen LogP contribution in [0.25, 0.3) is 0 Å². The largest absolute Gasteiger partial charge is 0.456 e. The van der Waals surface area contributed by atoms with E-state index < -0.39 is 6.10 Å². The minimum Gasteiger partial charge on any atom is -0.456 e. The molecular weight excluding hydrogens is 246 g/mol. The first-order chi connectivity index (χ1) is 8.69. The molecule has 0 unspecified atom stereocenters. The predicted molar refractivity (Wildman–Crippen MR) is 73.2 cm³/mol. The molecular formula is C14H15NO2S. The van der Waals surface area contributed by atoms with E-state index in [0.717, 1.165) is 5.75 Å². The normalized spacial score (nSPS) is 12.2. The SMILES string of the molecule is CSc1ccc(Oc2ccc([C@H](C)O)nc2)cc1. The monoisotopic (exact) mass is 261 g/mol. The molecule has 0 aliphatic heterocycles. The van der Waals surface area contributed by atoms with Gasteiger partial charge in [-0.05, 0) is 49.6 Å². The van der Waals surface area contributed by atoms with Crippen molar-refractivity contribution in [1.29, 1.82) is 0 Å². The average molecular weight is 261 g/mol. The van der Waals surface area contributed by atoms with E-state index in [1.807, 2.05) is 30.5 Å². The van der Waals surface area contributed by atoms with Gasteiger partial charge in [0.1, 0.15) is 11.5 Å². The van der Waals surface area contributed by atoms with Crippen LogP contribution >= 0.6 is 11.8 Å². The van der Waals surface area contributed by atoms with Gasteiger partial charge in [0.25, 0.3) is 0 Å². The fourth-order valence-electron chi connectivity index (χ4n) is 1.48. The van der Waals surface area contributed by atoms with E-state index in [0.29, 0.717) is 11.4 Å². The van der Waals surface area contributed by atoms with Gasteiger partial charge in [-0.2, -0.15) is 0 Å². The minimum absolute atomic E-state index is 0.556. The predicted octanol–water partition coefficient (Wildman–Crippen LogP) is 3.65. The molecule has 4 heteroatoms. The van der Waals surface area contributed by atoms with Crippen molar-refractivity contribution in [1.82, 2.24) is 4.98 Å². The summed E-state index contributed by atoms with van der Waals surface area (Å²) in [5.74, 6) is 1.44. The number of benzene rings is 1. The van der Waals surface area contributed by atoms with E-state index in [2.05, 4.69) is 4.98 Å². The lowest BCUT2D eigenvalue weighted by atomic mass is 10.2. The molecule has 2 rings (SSSR count). The Labute approximate surface area is 111 Å². The Kier molecular flexibility index (Phi) is 4.23. The number of aromatic nitrogens is 1. The van der Waals surface area contributed by atoms with Crippen molar-refractivity contribution in [2.45, 2.75) is 17.9 Å². The molecule has 0 fully saturated rings. The maximum Gasteiger partial charge on any atom is 0.145 e. The Hall–Kier alpha value is -1.52. The topological polar surface area (TPSA) is 42.4 Å². The van der Waals surface area contributed by atoms with Gasteiger partial charge >= 0.3 is 0 Å². The van der Waals surface area contributed by atoms with Crippen molar-refractivity contribution in [3.8, 4) is 11.5 Å². The third-order valence-corrected chi connectivity index (χ3v) is 3.23. The van der Waals surface area contributed by atoms with E-state index in [1.165, 1.54) is 4.90 Å². The molecule has 18 heavy (non-hydrogen) atoms. The molecule has 1 aromatic carbocycles. The maximum atomic E-state index is 9.36. The molecule has 3 nitrogen and oxygen atoms in total. The summed E-state index contributed by atoms with van der Waals surface area (Å²) >= 11 is 1.69. The fraction of sp³-hybridized carbons (Fsp3) is 0.214. The molecule has 1 aromatic heterocycles. The number of hydrogen-bond acceptors (Lipinski definition) is 4. The second kappa shape index (κ2) is 5.89. The van der Waals surface area contributed by atoms with Crippen LogP contribution in [0.1, 0.15) is 18.7 Å². The quantitative estimate of drug-likeness (QED) is 0.853. The van der Waals surface area contributed by atoms with Gasteiger partial charge in [0.2, 0.25) is 0 Å². The van der Waals surface area contributed by atoms with E-state index in [4.69, 9.17) is 4.74 Å². The van der Waals surface area contributed by atoms with Gasteiger partial charge in [0.15, 0.2) is 0 Å². The summed E-state index contributed by atoms with van der Waals surface area (Å²) in [5.41, 5.74) is 0.639. The van der Waals surface area contributed by atoms with Crippen LogP contribution < -0.4 is 4.74 Å². The summed E-state index contributed by atoms with van der Waals surface area (Å²) < 4.78 is 5.66. The Balaban J connectivity index is 2.08. The summed E-state index contributed by atoms with van der Waals surface area (Å²) in [4.78, 5) is 5.33. The Bertz CT molecular complexity index is 494. The van der Waals surface area contributed by atoms with Crippen LogP contribution in [0.4, 0.5) is 0 Å². The van der Waals surface area contributed by atoms with Crippen molar-refractivity contribution < 1.29 is 9.84 Å². The lowest BCUT2D eigenvalue weighted by Crippen LogP contribution is -1.95. The van der Waals surface area contributed by atoms with Crippen LogP contribution in [0, 0.1) is 0 Å². The molecule has 0 aliphatic carbocycles. The smallest absolute Gasteiger partial charge is 0.145 e. The van der Waals surface area contributed by atoms with Gasteiger partial charge in [0, 0.05) is 4.90 Å². The lowest BCUT2D eigenvalue weighted by Gasteiger charge is -2.07. The van der Waals surface area contributed by atoms with Crippen LogP contribution in [0.3, 0.4) is 0 Å². The zero-order valence-corrected chi connectivity index (χ0v) is 11.1. The number of rotatable bonds is 4. The van der Waals surface area contributed by atoms with E-state index >= 15 is 0 Å². The van der Waals surface area contributed by atoms with Gasteiger partial charge < -0.3 is 9.84 Å². The van der Waals surface area contributed by atoms with Crippen molar-refractivity contribution in [2.24, 2.45) is 0 Å². The highest BCUT2D eigenvalue weighted by Crippen LogP contribution is 2.24. The molecule has 2 aromatic rings. The standard InChI is InChI=1S/C14H15NO2S/c1-10(16)14-8-5-12(9-15-14)17-11-3-6-13(18-2)7-4-11/h3-10,16H,1-2H3/t10-/m0/s1. The van der Waals surface area contributed by atoms with Crippen molar-refractivity contribution in [3.05, 3.63) is 48.3 Å². The van der Waals surface area contributed by atoms with Crippen molar-refractivity contribution >= 4 is 11.8 Å². The van der Waals surface area contributed by atoms with Gasteiger partial charge in [-0.3, -0.25) is 4.98 Å². The van der Waals surface area contributed by atoms with Crippen molar-refractivity contribution in [3.63, 3.8) is 0 Å². The van der Waals surface area contributed by atoms with Gasteiger partial charge in [-0.25, -0.2) is 0 Å². The molecule has 0 amide bonds. The Morgan fingerprint density at radius 3 is 2.28 bits per heavy atom. The molecule has 1 heterocycles. The highest BCUT2D eigenvalue weighted by atomic mass is 32.2. The van der Waals surface area contributed by atoms with E-state index in [9.17, 15) is 5.11 Å². The summed E-state index contributed by atoms with van der Waals surface area (Å²) in [6, 6.07) is 11.4. The van der Waals surface area contributed by atoms with Crippen LogP contribution in [-0.2, 0) is 0 Å². The molecule has 1 atom stereocenters. The molecule has 0 spiro atoms. The average Bonchev–Trinajstić information content (AvgIpc) is 2.40. The molecule has 0 saturated carbocycles. The van der Waals surface area contributed by atoms with Crippen LogP contribution in [0.5, 0.6) is 11.5 Å². The van der Waals surface area contributed by atoms with E-state index in [-0.39, 0.29) is 0 Å². The summed E-state index contributed by atoms with van der Waals surface area (Å²) in [6.45, 7) is 1.68. The zero-order chi connectivity index (χ0) is 13.0. The lowest BCUT2D eigenvalue weighted by molar-refractivity contribution is 0.194. The number of pyridine rings is 1. The van der Waals surface area contributed by atoms with Gasteiger partial charge in [-0.1, -0.05) is 0 Å². The van der Waals surface area contributed by atoms with Crippen LogP contribution in [-0.4, -0.2) is 16.3 Å². The first-order valence-electron chi connectivity index (χ1n) is 5.65. The summed E-state index contributed by atoms with van der Waals surface area (Å²) in [5, 5.41) is 9.36. The molecule has 0 aliphatic rings. The number of nitrogens with zero attached hydrogens (tertiary/aromatic N) is 1. The van der Waals surface area contributed by atoms with Crippen LogP contribution in [0.15, 0.2) is 47.5 Å². The third kappa shape index (κ3) is 3.24. The Morgan fingerprint density at radius 1 is 1.11 bits per heavy atom. The minimum atomic E-state index is -0.556. The molecule has 0 radical (unpaired) electrons. The van der Waals surface area contributed by atoms with E-state index in [1.54, 1.807) is 37.0 Å². The highest BCUT2D eigenvalue weighted by molar-refractivity contribution is 7.98. The first-order valence-corrected chi connectivity index (χ1v) is 6.87. The summed E-state index contributed by atoms with van der Waals surface area (Å²) in [6.07, 6.45) is 3.10. The first kappa shape index (κ1) is 12.9. The number of aliphatic hydroxyl groups is 1. The zero-order valence-electron chi connectivity index (χ0n) is 10.3. The van der Waals surface area contributed by atoms with Gasteiger partial charge in [-0.15, -0.1) is 11.8 Å². The molecule has 0 saturated heterocycles. The van der Waals surface area contributed by atoms with Gasteiger partial charge in [0.05, 0.1) is 18.0 Å². The number of ether oxygens (including phenoxy) is 1. The third-order valence-electron chi connectivity index (χ3n) is 2.48. The van der Waals surface area contributed by atoms with Crippen LogP contribution in [0.2, 0.25) is 0 Å². The molecule has 94 valence electrons. The maximum absolute atomic E-state index is 9.36. The molecule has 0 bridgehead atoms. The summed E-state index contributed by atoms with van der Waals surface area (Å²) in [7, 11) is 0. The highest BCUT2D eigenvalue weighted by Gasteiger charge is 2.03. The van der Waals surface area contributed by atoms with Crippen molar-refractivity contribution in [2.75, 3.05) is 6.26 Å². The number of thioether (sulfide) groups is 1. The Morgan fingerprint density at radius 2 is 1.78 bits per heavy atom. The second-order valence-corrected chi connectivity index (χ2v) is 4.75. The number of hydrogen-bond donors (Lipinski definition) is 1. The second-order valence-electron chi connectivity index (χ2n) is 3.87.